The number of aromatic nitrogens is 1. The fourth-order valence-electron chi connectivity index (χ4n) is 5.33. The molecule has 0 radical (unpaired) electrons. The lowest BCUT2D eigenvalue weighted by Gasteiger charge is -2.51. The van der Waals surface area contributed by atoms with Crippen LogP contribution in [0.2, 0.25) is 0 Å². The molecule has 3 aliphatic heterocycles. The minimum absolute atomic E-state index is 0.0899. The topological polar surface area (TPSA) is 68.3 Å². The van der Waals surface area contributed by atoms with Gasteiger partial charge in [0.05, 0.1) is 13.1 Å². The maximum absolute atomic E-state index is 13.5. The number of ether oxygens (including phenoxy) is 1. The molecule has 1 unspecified atom stereocenters. The molecule has 6 nitrogen and oxygen atoms in total. The lowest BCUT2D eigenvalue weighted by Crippen LogP contribution is -2.65. The number of fused-ring (bicyclic) bond motifs is 3. The molecule has 3 saturated heterocycles. The summed E-state index contributed by atoms with van der Waals surface area (Å²) in [5, 5.41) is 5.82. The van der Waals surface area contributed by atoms with Gasteiger partial charge in [0.2, 0.25) is 5.78 Å². The summed E-state index contributed by atoms with van der Waals surface area (Å²) in [5.41, 5.74) is 2.01. The Morgan fingerprint density at radius 1 is 1.06 bits per heavy atom. The van der Waals surface area contributed by atoms with Crippen LogP contribution < -0.4 is 5.32 Å². The number of rotatable bonds is 9. The van der Waals surface area contributed by atoms with Gasteiger partial charge in [0.1, 0.15) is 19.1 Å². The molecule has 0 saturated carbocycles. The molecule has 2 bridgehead atoms. The van der Waals surface area contributed by atoms with Gasteiger partial charge >= 0.3 is 5.97 Å². The van der Waals surface area contributed by atoms with E-state index >= 15 is 0 Å². The Labute approximate surface area is 204 Å². The number of benzene rings is 2. The van der Waals surface area contributed by atoms with Gasteiger partial charge in [-0.05, 0) is 11.1 Å². The number of esters is 1. The van der Waals surface area contributed by atoms with Crippen LogP contribution in [0.25, 0.3) is 0 Å². The van der Waals surface area contributed by atoms with Gasteiger partial charge in [0.15, 0.2) is 11.1 Å². The second-order valence-corrected chi connectivity index (χ2v) is 10.3. The summed E-state index contributed by atoms with van der Waals surface area (Å²) in [6, 6.07) is 19.3. The van der Waals surface area contributed by atoms with Crippen molar-refractivity contribution >= 4 is 23.1 Å². The highest BCUT2D eigenvalue weighted by Gasteiger charge is 2.49. The number of carbonyl (C=O) groups excluding carboxylic acids is 2. The maximum atomic E-state index is 13.5. The predicted octanol–water partition coefficient (Wildman–Crippen LogP) is 4.01. The van der Waals surface area contributed by atoms with Crippen molar-refractivity contribution in [2.75, 3.05) is 26.2 Å². The number of thiazole rings is 1. The van der Waals surface area contributed by atoms with Crippen molar-refractivity contribution in [2.45, 2.75) is 31.5 Å². The Morgan fingerprint density at radius 2 is 1.76 bits per heavy atom. The summed E-state index contributed by atoms with van der Waals surface area (Å²) in [5.74, 6) is 0.210. The third kappa shape index (κ3) is 5.12. The number of ketones is 1. The van der Waals surface area contributed by atoms with Gasteiger partial charge in [-0.15, -0.1) is 11.3 Å². The average molecular weight is 477 g/mol. The zero-order chi connectivity index (χ0) is 23.4. The van der Waals surface area contributed by atoms with Crippen LogP contribution in [-0.2, 0) is 16.1 Å². The van der Waals surface area contributed by atoms with Gasteiger partial charge in [-0.25, -0.2) is 9.78 Å². The van der Waals surface area contributed by atoms with E-state index in [2.05, 4.69) is 10.3 Å². The molecule has 176 valence electrons. The number of carbonyl (C=O) groups is 2. The van der Waals surface area contributed by atoms with Gasteiger partial charge in [-0.1, -0.05) is 60.7 Å². The second kappa shape index (κ2) is 10.2. The van der Waals surface area contributed by atoms with Gasteiger partial charge in [0.25, 0.3) is 0 Å². The third-order valence-corrected chi connectivity index (χ3v) is 7.99. The number of hydrogen-bond acceptors (Lipinski definition) is 6. The molecule has 2 atom stereocenters. The zero-order valence-electron chi connectivity index (χ0n) is 19.1. The molecule has 7 heteroatoms. The Balaban J connectivity index is 1.28. The highest BCUT2D eigenvalue weighted by Crippen LogP contribution is 2.36. The average Bonchev–Trinajstić information content (AvgIpc) is 3.41. The molecule has 3 aromatic rings. The van der Waals surface area contributed by atoms with Crippen molar-refractivity contribution in [1.29, 1.82) is 0 Å². The van der Waals surface area contributed by atoms with E-state index in [0.29, 0.717) is 35.0 Å². The fraction of sp³-hybridized carbons (Fsp3) is 0.370. The summed E-state index contributed by atoms with van der Waals surface area (Å²) in [6.07, 6.45) is 3.48. The first-order valence-corrected chi connectivity index (χ1v) is 12.8. The number of nitrogens with zero attached hydrogens (tertiary/aromatic N) is 2. The summed E-state index contributed by atoms with van der Waals surface area (Å²) in [7, 11) is 0. The standard InChI is InChI=1S/C27H30N3O3S/c31-23(26-28-13-16-34-26)18-30-14-11-21(12-15-30)24(19-30)33-27(32)25(22-9-5-2-6-10-22)29-17-20-7-3-1-4-8-20/h1-10,13,16,21,24-25,29H,11-12,14-15,17-19H2/q+1/t21?,24-,25?,30?/m0/s1. The minimum Gasteiger partial charge on any atom is -0.455 e. The van der Waals surface area contributed by atoms with Gasteiger partial charge < -0.3 is 9.22 Å². The van der Waals surface area contributed by atoms with E-state index in [9.17, 15) is 9.59 Å². The Hall–Kier alpha value is -2.87. The minimum atomic E-state index is -0.540. The first-order chi connectivity index (χ1) is 16.6. The summed E-state index contributed by atoms with van der Waals surface area (Å²) in [4.78, 5) is 30.5. The van der Waals surface area contributed by atoms with Crippen LogP contribution in [-0.4, -0.2) is 53.5 Å². The normalized spacial score (nSPS) is 24.5. The molecule has 2 aromatic carbocycles. The van der Waals surface area contributed by atoms with E-state index in [1.165, 1.54) is 11.3 Å². The Morgan fingerprint density at radius 3 is 2.44 bits per heavy atom. The van der Waals surface area contributed by atoms with Crippen molar-refractivity contribution < 1.29 is 18.8 Å². The van der Waals surface area contributed by atoms with E-state index < -0.39 is 6.04 Å². The molecule has 1 N–H and O–H groups in total. The van der Waals surface area contributed by atoms with E-state index in [1.807, 2.05) is 66.0 Å². The quantitative estimate of drug-likeness (QED) is 0.287. The van der Waals surface area contributed by atoms with Crippen LogP contribution in [0, 0.1) is 5.92 Å². The first-order valence-electron chi connectivity index (χ1n) is 11.9. The molecule has 3 aliphatic rings. The van der Waals surface area contributed by atoms with E-state index in [4.69, 9.17) is 4.74 Å². The Kier molecular flexibility index (Phi) is 6.85. The number of piperidine rings is 3. The van der Waals surface area contributed by atoms with Crippen molar-refractivity contribution in [2.24, 2.45) is 5.92 Å². The highest BCUT2D eigenvalue weighted by molar-refractivity contribution is 7.11. The molecule has 0 aliphatic carbocycles. The van der Waals surface area contributed by atoms with Crippen molar-refractivity contribution in [1.82, 2.24) is 10.3 Å². The summed E-state index contributed by atoms with van der Waals surface area (Å²) < 4.78 is 6.88. The smallest absolute Gasteiger partial charge is 0.328 e. The van der Waals surface area contributed by atoms with Gasteiger partial charge in [-0.2, -0.15) is 0 Å². The highest BCUT2D eigenvalue weighted by atomic mass is 32.1. The number of quaternary nitrogens is 1. The Bertz CT molecular complexity index is 1100. The molecule has 6 rings (SSSR count). The van der Waals surface area contributed by atoms with Crippen molar-refractivity contribution in [3.63, 3.8) is 0 Å². The molecule has 0 amide bonds. The van der Waals surface area contributed by atoms with E-state index in [-0.39, 0.29) is 17.9 Å². The van der Waals surface area contributed by atoms with Crippen LogP contribution >= 0.6 is 11.3 Å². The lowest BCUT2D eigenvalue weighted by molar-refractivity contribution is -0.938. The molecule has 3 fully saturated rings. The molecular formula is C27H30N3O3S+. The number of Topliss-reactive ketones (excluding diaryl/α,β-unsaturated/α-hetero) is 1. The van der Waals surface area contributed by atoms with E-state index in [0.717, 1.165) is 37.1 Å². The largest absolute Gasteiger partial charge is 0.455 e. The van der Waals surface area contributed by atoms with Crippen LogP contribution in [0.15, 0.2) is 72.2 Å². The lowest BCUT2D eigenvalue weighted by atomic mass is 9.83. The van der Waals surface area contributed by atoms with E-state index in [1.54, 1.807) is 6.20 Å². The monoisotopic (exact) mass is 476 g/mol. The number of hydrogen-bond donors (Lipinski definition) is 1. The van der Waals surface area contributed by atoms with Gasteiger partial charge in [-0.3, -0.25) is 10.1 Å². The van der Waals surface area contributed by atoms with Crippen molar-refractivity contribution in [3.05, 3.63) is 88.4 Å². The summed E-state index contributed by atoms with van der Waals surface area (Å²) >= 11 is 1.39. The second-order valence-electron chi connectivity index (χ2n) is 9.41. The van der Waals surface area contributed by atoms with Crippen molar-refractivity contribution in [3.8, 4) is 0 Å². The van der Waals surface area contributed by atoms with Crippen LogP contribution in [0.5, 0.6) is 0 Å². The number of nitrogens with one attached hydrogen (secondary N) is 1. The van der Waals surface area contributed by atoms with Crippen LogP contribution in [0.4, 0.5) is 0 Å². The molecule has 0 spiro atoms. The zero-order valence-corrected chi connectivity index (χ0v) is 20.0. The predicted molar refractivity (Wildman–Crippen MR) is 131 cm³/mol. The molecule has 1 aromatic heterocycles. The fourth-order valence-corrected chi connectivity index (χ4v) is 5.89. The third-order valence-electron chi connectivity index (χ3n) is 7.18. The van der Waals surface area contributed by atoms with Gasteiger partial charge in [0, 0.05) is 36.9 Å². The summed E-state index contributed by atoms with van der Waals surface area (Å²) in [6.45, 7) is 3.64. The van der Waals surface area contributed by atoms with Crippen LogP contribution in [0.3, 0.4) is 0 Å². The SMILES string of the molecule is O=C(C[N+]12CCC(CC1)[C@@H](OC(=O)C(NCc1ccccc1)c1ccccc1)C2)c1nccs1. The molecule has 34 heavy (non-hydrogen) atoms. The van der Waals surface area contributed by atoms with Crippen LogP contribution in [0.1, 0.15) is 39.8 Å². The molecule has 4 heterocycles. The maximum Gasteiger partial charge on any atom is 0.328 e. The molecular weight excluding hydrogens is 446 g/mol. The first kappa shape index (κ1) is 22.9.